The van der Waals surface area contributed by atoms with Gasteiger partial charge in [0.25, 0.3) is 0 Å². The van der Waals surface area contributed by atoms with E-state index in [9.17, 15) is 13.2 Å². The highest BCUT2D eigenvalue weighted by atomic mass is 19.4. The van der Waals surface area contributed by atoms with Gasteiger partial charge in [-0.05, 0) is 53.1 Å². The third kappa shape index (κ3) is 3.01. The van der Waals surface area contributed by atoms with Crippen LogP contribution in [0.2, 0.25) is 0 Å². The van der Waals surface area contributed by atoms with Crippen LogP contribution in [-0.2, 0) is 6.18 Å². The van der Waals surface area contributed by atoms with E-state index in [1.165, 1.54) is 24.8 Å². The molecule has 0 aliphatic heterocycles. The first-order chi connectivity index (χ1) is 11.0. The highest BCUT2D eigenvalue weighted by molar-refractivity contribution is 5.84. The predicted molar refractivity (Wildman–Crippen MR) is 82.3 cm³/mol. The maximum absolute atomic E-state index is 13.3. The zero-order valence-electron chi connectivity index (χ0n) is 11.9. The van der Waals surface area contributed by atoms with Crippen LogP contribution >= 0.6 is 0 Å². The summed E-state index contributed by atoms with van der Waals surface area (Å²) in [5.41, 5.74) is 6.64. The van der Waals surface area contributed by atoms with Gasteiger partial charge in [-0.15, -0.1) is 0 Å². The first-order valence-electron chi connectivity index (χ1n) is 6.78. The first kappa shape index (κ1) is 15.0. The minimum Gasteiger partial charge on any atom is -0.398 e. The van der Waals surface area contributed by atoms with Gasteiger partial charge in [-0.3, -0.25) is 9.97 Å². The van der Waals surface area contributed by atoms with Gasteiger partial charge < -0.3 is 5.73 Å². The van der Waals surface area contributed by atoms with E-state index in [-0.39, 0.29) is 5.69 Å². The summed E-state index contributed by atoms with van der Waals surface area (Å²) in [5, 5.41) is 0. The van der Waals surface area contributed by atoms with Crippen LogP contribution in [0.1, 0.15) is 5.56 Å². The minimum atomic E-state index is -4.53. The number of hydrogen-bond acceptors (Lipinski definition) is 3. The van der Waals surface area contributed by atoms with Crippen molar-refractivity contribution in [3.05, 3.63) is 66.7 Å². The summed E-state index contributed by atoms with van der Waals surface area (Å²) in [6, 6.07) is 9.28. The second-order valence-corrected chi connectivity index (χ2v) is 4.95. The molecule has 3 rings (SSSR count). The molecule has 0 radical (unpaired) electrons. The van der Waals surface area contributed by atoms with Crippen LogP contribution in [0.25, 0.3) is 22.3 Å². The van der Waals surface area contributed by atoms with E-state index in [0.717, 1.165) is 6.07 Å². The Bertz CT molecular complexity index is 816. The molecule has 0 unspecified atom stereocenters. The van der Waals surface area contributed by atoms with E-state index in [1.807, 2.05) is 0 Å². The first-order valence-corrected chi connectivity index (χ1v) is 6.78. The number of anilines is 1. The van der Waals surface area contributed by atoms with Crippen LogP contribution in [0.4, 0.5) is 18.9 Å². The summed E-state index contributed by atoms with van der Waals surface area (Å²) in [6.07, 6.45) is 1.56. The van der Waals surface area contributed by atoms with Crippen LogP contribution in [0, 0.1) is 0 Å². The van der Waals surface area contributed by atoms with E-state index in [1.54, 1.807) is 30.3 Å². The number of rotatable bonds is 2. The van der Waals surface area contributed by atoms with Gasteiger partial charge in [0.2, 0.25) is 0 Å². The molecule has 0 fully saturated rings. The van der Waals surface area contributed by atoms with Gasteiger partial charge in [0.1, 0.15) is 0 Å². The molecule has 0 aliphatic rings. The molecule has 0 spiro atoms. The van der Waals surface area contributed by atoms with Gasteiger partial charge in [-0.1, -0.05) is 0 Å². The van der Waals surface area contributed by atoms with Crippen LogP contribution in [0.15, 0.2) is 61.2 Å². The van der Waals surface area contributed by atoms with E-state index in [0.29, 0.717) is 22.3 Å². The quantitative estimate of drug-likeness (QED) is 0.713. The highest BCUT2D eigenvalue weighted by Gasteiger charge is 2.34. The van der Waals surface area contributed by atoms with Crippen molar-refractivity contribution < 1.29 is 13.2 Å². The minimum absolute atomic E-state index is 0.290. The van der Waals surface area contributed by atoms with Crippen molar-refractivity contribution >= 4 is 5.69 Å². The summed E-state index contributed by atoms with van der Waals surface area (Å²) >= 11 is 0. The average molecular weight is 315 g/mol. The standard InChI is InChI=1S/C17H12F3N3/c18-17(19,20)15-10-13(11-1-5-22-6-2-11)9-14(16(15)21)12-3-7-23-8-4-12/h1-10H,21H2. The summed E-state index contributed by atoms with van der Waals surface area (Å²) in [7, 11) is 0. The Morgan fingerprint density at radius 2 is 1.26 bits per heavy atom. The molecule has 2 heterocycles. The molecule has 116 valence electrons. The Balaban J connectivity index is 2.27. The lowest BCUT2D eigenvalue weighted by Gasteiger charge is -2.16. The molecule has 3 nitrogen and oxygen atoms in total. The summed E-state index contributed by atoms with van der Waals surface area (Å²) < 4.78 is 40.0. The smallest absolute Gasteiger partial charge is 0.398 e. The second kappa shape index (κ2) is 5.72. The molecule has 0 saturated carbocycles. The Morgan fingerprint density at radius 3 is 1.78 bits per heavy atom. The lowest BCUT2D eigenvalue weighted by atomic mass is 9.94. The van der Waals surface area contributed by atoms with Crippen molar-refractivity contribution in [1.29, 1.82) is 0 Å². The fraction of sp³-hybridized carbons (Fsp3) is 0.0588. The van der Waals surface area contributed by atoms with E-state index in [2.05, 4.69) is 9.97 Å². The van der Waals surface area contributed by atoms with Crippen molar-refractivity contribution in [1.82, 2.24) is 9.97 Å². The van der Waals surface area contributed by atoms with Crippen LogP contribution in [0.5, 0.6) is 0 Å². The topological polar surface area (TPSA) is 51.8 Å². The van der Waals surface area contributed by atoms with Gasteiger partial charge in [-0.2, -0.15) is 13.2 Å². The largest absolute Gasteiger partial charge is 0.418 e. The number of pyridine rings is 2. The Morgan fingerprint density at radius 1 is 0.739 bits per heavy atom. The Kier molecular flexibility index (Phi) is 3.73. The number of alkyl halides is 3. The van der Waals surface area contributed by atoms with Crippen molar-refractivity contribution in [2.45, 2.75) is 6.18 Å². The SMILES string of the molecule is Nc1c(-c2ccncc2)cc(-c2ccncc2)cc1C(F)(F)F. The van der Waals surface area contributed by atoms with Crippen molar-refractivity contribution in [2.24, 2.45) is 0 Å². The summed E-state index contributed by atoms with van der Waals surface area (Å²) in [5.74, 6) is 0. The summed E-state index contributed by atoms with van der Waals surface area (Å²) in [6.45, 7) is 0. The third-order valence-electron chi connectivity index (χ3n) is 3.49. The zero-order valence-corrected chi connectivity index (χ0v) is 11.9. The molecule has 1 aromatic carbocycles. The van der Waals surface area contributed by atoms with Gasteiger partial charge in [-0.25, -0.2) is 0 Å². The zero-order chi connectivity index (χ0) is 16.4. The average Bonchev–Trinajstić information content (AvgIpc) is 2.55. The summed E-state index contributed by atoms with van der Waals surface area (Å²) in [4.78, 5) is 7.77. The Hall–Kier alpha value is -2.89. The number of aromatic nitrogens is 2. The molecule has 0 amide bonds. The predicted octanol–water partition coefficient (Wildman–Crippen LogP) is 4.41. The number of nitrogens with two attached hydrogens (primary N) is 1. The van der Waals surface area contributed by atoms with Gasteiger partial charge in [0.05, 0.1) is 11.3 Å². The van der Waals surface area contributed by atoms with Crippen LogP contribution in [0.3, 0.4) is 0 Å². The van der Waals surface area contributed by atoms with Crippen molar-refractivity contribution in [3.8, 4) is 22.3 Å². The van der Waals surface area contributed by atoms with Gasteiger partial charge in [0.15, 0.2) is 0 Å². The van der Waals surface area contributed by atoms with Crippen LogP contribution < -0.4 is 5.73 Å². The van der Waals surface area contributed by atoms with Crippen molar-refractivity contribution in [3.63, 3.8) is 0 Å². The Labute approximate surface area is 130 Å². The van der Waals surface area contributed by atoms with Gasteiger partial charge in [0, 0.05) is 30.4 Å². The molecule has 0 atom stereocenters. The highest BCUT2D eigenvalue weighted by Crippen LogP contribution is 2.41. The van der Waals surface area contributed by atoms with E-state index < -0.39 is 11.7 Å². The normalized spacial score (nSPS) is 11.4. The molecule has 23 heavy (non-hydrogen) atoms. The maximum Gasteiger partial charge on any atom is 0.418 e. The monoisotopic (exact) mass is 315 g/mol. The number of benzene rings is 1. The molecule has 3 aromatic rings. The third-order valence-corrected chi connectivity index (χ3v) is 3.49. The fourth-order valence-electron chi connectivity index (χ4n) is 2.37. The molecule has 2 N–H and O–H groups in total. The number of hydrogen-bond donors (Lipinski definition) is 1. The van der Waals surface area contributed by atoms with Gasteiger partial charge >= 0.3 is 6.18 Å². The molecular formula is C17H12F3N3. The molecule has 2 aromatic heterocycles. The number of nitrogens with zero attached hydrogens (tertiary/aromatic N) is 2. The number of halogens is 3. The molecule has 0 aliphatic carbocycles. The van der Waals surface area contributed by atoms with Crippen molar-refractivity contribution in [2.75, 3.05) is 5.73 Å². The molecule has 6 heteroatoms. The van der Waals surface area contributed by atoms with E-state index in [4.69, 9.17) is 5.73 Å². The van der Waals surface area contributed by atoms with E-state index >= 15 is 0 Å². The fourth-order valence-corrected chi connectivity index (χ4v) is 2.37. The maximum atomic E-state index is 13.3. The van der Waals surface area contributed by atoms with Crippen LogP contribution in [-0.4, -0.2) is 9.97 Å². The second-order valence-electron chi connectivity index (χ2n) is 4.95. The molecular weight excluding hydrogens is 303 g/mol. The molecule has 0 saturated heterocycles. The lowest BCUT2D eigenvalue weighted by Crippen LogP contribution is -2.10. The number of nitrogen functional groups attached to an aromatic ring is 1. The lowest BCUT2D eigenvalue weighted by molar-refractivity contribution is -0.136. The molecule has 0 bridgehead atoms.